The summed E-state index contributed by atoms with van der Waals surface area (Å²) in [7, 11) is 0. The number of likely N-dealkylation sites (N-methyl/N-ethyl adjacent to an activating group) is 1. The summed E-state index contributed by atoms with van der Waals surface area (Å²) in [4.78, 5) is 2.56. The molecule has 2 nitrogen and oxygen atoms in total. The Balaban J connectivity index is 1.07. The maximum atomic E-state index is 2.56. The van der Waals surface area contributed by atoms with E-state index in [-0.39, 0.29) is 10.8 Å². The van der Waals surface area contributed by atoms with E-state index in [2.05, 4.69) is 160 Å². The lowest BCUT2D eigenvalue weighted by Crippen LogP contribution is -2.33. The van der Waals surface area contributed by atoms with E-state index in [1.165, 1.54) is 70.1 Å². The smallest absolute Gasteiger partial charge is 0.263 e. The quantitative estimate of drug-likeness (QED) is 0.184. The predicted molar refractivity (Wildman–Crippen MR) is 222 cm³/mol. The van der Waals surface area contributed by atoms with E-state index in [0.29, 0.717) is 5.25 Å². The molecule has 1 aliphatic heterocycles. The summed E-state index contributed by atoms with van der Waals surface area (Å²) < 4.78 is 3.88. The molecule has 0 bridgehead atoms. The summed E-state index contributed by atoms with van der Waals surface area (Å²) in [5.74, 6) is 0. The van der Waals surface area contributed by atoms with Gasteiger partial charge in [0.1, 0.15) is 11.2 Å². The van der Waals surface area contributed by atoms with E-state index in [9.17, 15) is 0 Å². The minimum atomic E-state index is 0.219. The van der Waals surface area contributed by atoms with E-state index in [0.717, 1.165) is 45.2 Å². The molecule has 0 radical (unpaired) electrons. The van der Waals surface area contributed by atoms with Crippen LogP contribution in [0.4, 0.5) is 0 Å². The predicted octanol–water partition coefficient (Wildman–Crippen LogP) is 12.8. The molecule has 0 N–H and O–H groups in total. The number of aromatic nitrogens is 1. The largest absolute Gasteiger partial charge is 0.339 e. The van der Waals surface area contributed by atoms with Gasteiger partial charge in [-0.3, -0.25) is 0 Å². The number of hydrogen-bond donors (Lipinski definition) is 0. The lowest BCUT2D eigenvalue weighted by molar-refractivity contribution is -0.665. The molecule has 1 fully saturated rings. The highest BCUT2D eigenvalue weighted by atomic mass is 32.2. The second-order valence-corrected chi connectivity index (χ2v) is 18.5. The molecule has 4 aromatic rings. The van der Waals surface area contributed by atoms with Crippen molar-refractivity contribution in [1.29, 1.82) is 0 Å². The molecule has 51 heavy (non-hydrogen) atoms. The van der Waals surface area contributed by atoms with E-state index < -0.39 is 0 Å². The van der Waals surface area contributed by atoms with Crippen molar-refractivity contribution >= 4 is 50.2 Å². The van der Waals surface area contributed by atoms with Crippen LogP contribution in [0, 0.1) is 10.8 Å². The minimum Gasteiger partial charge on any atom is -0.339 e. The summed E-state index contributed by atoms with van der Waals surface area (Å²) in [6, 6.07) is 22.4. The standard InChI is InChI=1S/C47H51N2S2/c1-7-48-40-22-20-36-16-9-11-18-38(36)44(40)50-42(48)26-34-24-32(28-46(3,4)30-34)14-13-15-33-25-35(31-47(5,6)29-33)27-43-49(8-2)41-23-21-37-17-10-12-19-39(37)45(41)51-43/h9-20,22-27,45H,7-8,21,28-31H2,1-6H3/q+1. The van der Waals surface area contributed by atoms with Gasteiger partial charge in [-0.2, -0.15) is 4.57 Å². The van der Waals surface area contributed by atoms with Crippen LogP contribution in [0.2, 0.25) is 0 Å². The van der Waals surface area contributed by atoms with Crippen molar-refractivity contribution in [3.63, 3.8) is 0 Å². The summed E-state index contributed by atoms with van der Waals surface area (Å²) >= 11 is 3.97. The zero-order chi connectivity index (χ0) is 35.3. The van der Waals surface area contributed by atoms with Crippen LogP contribution in [0.1, 0.15) is 88.6 Å². The van der Waals surface area contributed by atoms with Gasteiger partial charge in [0.05, 0.1) is 10.3 Å². The van der Waals surface area contributed by atoms with Crippen molar-refractivity contribution in [2.75, 3.05) is 6.54 Å². The number of fused-ring (bicyclic) bond motifs is 6. The highest BCUT2D eigenvalue weighted by molar-refractivity contribution is 8.03. The highest BCUT2D eigenvalue weighted by Crippen LogP contribution is 2.54. The molecule has 260 valence electrons. The second-order valence-electron chi connectivity index (χ2n) is 16.4. The van der Waals surface area contributed by atoms with Crippen LogP contribution in [-0.4, -0.2) is 11.4 Å². The maximum Gasteiger partial charge on any atom is 0.263 e. The van der Waals surface area contributed by atoms with Gasteiger partial charge in [-0.05, 0) is 108 Å². The first-order valence-corrected chi connectivity index (χ1v) is 20.6. The summed E-state index contributed by atoms with van der Waals surface area (Å²) in [6.07, 6.45) is 24.9. The number of thiazole rings is 1. The van der Waals surface area contributed by atoms with E-state index in [1.54, 1.807) is 0 Å². The van der Waals surface area contributed by atoms with Crippen LogP contribution < -0.4 is 4.57 Å². The lowest BCUT2D eigenvalue weighted by Gasteiger charge is -2.31. The normalized spacial score (nSPS) is 23.6. The molecule has 1 atom stereocenters. The third kappa shape index (κ3) is 6.90. The van der Waals surface area contributed by atoms with E-state index >= 15 is 0 Å². The van der Waals surface area contributed by atoms with E-state index in [4.69, 9.17) is 0 Å². The Morgan fingerprint density at radius 3 is 2.39 bits per heavy atom. The molecule has 3 aliphatic carbocycles. The molecule has 0 amide bonds. The van der Waals surface area contributed by atoms with Gasteiger partial charge >= 0.3 is 0 Å². The Hall–Kier alpha value is -3.86. The van der Waals surface area contributed by atoms with Gasteiger partial charge < -0.3 is 4.90 Å². The minimum absolute atomic E-state index is 0.219. The van der Waals surface area contributed by atoms with Crippen molar-refractivity contribution < 1.29 is 4.57 Å². The SMILES string of the molecule is CCN1C2=CCc3ccccc3C2S/C1=C\C1=CC(=C/C=C/C2=CC(=C/c3sc4c5ccccc5ccc4[n+]3CC)/CC(C)(C)C2)/CC(C)(C)C1. The second kappa shape index (κ2) is 13.6. The number of aryl methyl sites for hydroxylation is 1. The molecule has 1 aromatic heterocycles. The Kier molecular flexibility index (Phi) is 9.13. The van der Waals surface area contributed by atoms with Crippen LogP contribution in [-0.2, 0) is 13.0 Å². The van der Waals surface area contributed by atoms with Gasteiger partial charge in [-0.25, -0.2) is 0 Å². The average Bonchev–Trinajstić information content (AvgIpc) is 3.63. The maximum absolute atomic E-state index is 2.56. The number of allylic oxidation sites excluding steroid dienone is 11. The first kappa shape index (κ1) is 34.2. The number of benzene rings is 3. The zero-order valence-corrected chi connectivity index (χ0v) is 32.8. The lowest BCUT2D eigenvalue weighted by atomic mass is 9.74. The Labute approximate surface area is 313 Å². The fourth-order valence-electron chi connectivity index (χ4n) is 8.89. The molecule has 2 heterocycles. The van der Waals surface area contributed by atoms with Crippen LogP contribution >= 0.6 is 23.1 Å². The molecule has 1 unspecified atom stereocenters. The summed E-state index contributed by atoms with van der Waals surface area (Å²) in [5, 5.41) is 5.82. The van der Waals surface area contributed by atoms with Crippen molar-refractivity contribution in [2.45, 2.75) is 85.4 Å². The van der Waals surface area contributed by atoms with Gasteiger partial charge in [0.15, 0.2) is 0 Å². The molecule has 4 heteroatoms. The first-order chi connectivity index (χ1) is 24.6. The highest BCUT2D eigenvalue weighted by Gasteiger charge is 2.37. The van der Waals surface area contributed by atoms with Crippen molar-refractivity contribution in [1.82, 2.24) is 4.90 Å². The molecular formula is C47H51N2S2+. The Bertz CT molecular complexity index is 2250. The molecule has 8 rings (SSSR count). The molecule has 1 saturated heterocycles. The molecule has 3 aromatic carbocycles. The average molecular weight is 708 g/mol. The number of nitrogens with zero attached hydrogens (tertiary/aromatic N) is 2. The molecule has 4 aliphatic rings. The fourth-order valence-corrected chi connectivity index (χ4v) is 11.7. The van der Waals surface area contributed by atoms with Crippen LogP contribution in [0.3, 0.4) is 0 Å². The zero-order valence-electron chi connectivity index (χ0n) is 31.1. The van der Waals surface area contributed by atoms with Gasteiger partial charge in [-0.1, -0.05) is 136 Å². The van der Waals surface area contributed by atoms with E-state index in [1.807, 2.05) is 23.1 Å². The van der Waals surface area contributed by atoms with Gasteiger partial charge in [0, 0.05) is 29.8 Å². The topological polar surface area (TPSA) is 7.12 Å². The monoisotopic (exact) mass is 707 g/mol. The summed E-state index contributed by atoms with van der Waals surface area (Å²) in [6.45, 7) is 16.2. The van der Waals surface area contributed by atoms with Gasteiger partial charge in [0.25, 0.3) is 5.01 Å². The van der Waals surface area contributed by atoms with Gasteiger partial charge in [0.2, 0.25) is 5.52 Å². The van der Waals surface area contributed by atoms with Gasteiger partial charge in [-0.15, -0.1) is 0 Å². The first-order valence-electron chi connectivity index (χ1n) is 18.9. The molecule has 0 saturated carbocycles. The van der Waals surface area contributed by atoms with Crippen molar-refractivity contribution in [2.24, 2.45) is 10.8 Å². The van der Waals surface area contributed by atoms with Crippen molar-refractivity contribution in [3.8, 4) is 0 Å². The molecular weight excluding hydrogens is 657 g/mol. The number of hydrogen-bond acceptors (Lipinski definition) is 3. The third-order valence-corrected chi connectivity index (χ3v) is 13.4. The third-order valence-electron chi connectivity index (χ3n) is 10.9. The fraction of sp³-hybridized carbons (Fsp3) is 0.340. The van der Waals surface area contributed by atoms with Crippen LogP contribution in [0.15, 0.2) is 136 Å². The number of thioether (sulfide) groups is 1. The van der Waals surface area contributed by atoms with Crippen LogP contribution in [0.25, 0.3) is 27.1 Å². The summed E-state index contributed by atoms with van der Waals surface area (Å²) in [5.41, 5.74) is 12.0. The Morgan fingerprint density at radius 2 is 1.57 bits per heavy atom. The van der Waals surface area contributed by atoms with Crippen molar-refractivity contribution in [3.05, 3.63) is 152 Å². The number of rotatable bonds is 6. The Morgan fingerprint density at radius 1 is 0.824 bits per heavy atom. The van der Waals surface area contributed by atoms with Crippen LogP contribution in [0.5, 0.6) is 0 Å². The molecule has 0 spiro atoms.